The fourth-order valence-electron chi connectivity index (χ4n) is 3.26. The number of carbonyl (C=O) groups excluding carboxylic acids is 4. The average molecular weight is 529 g/mol. The van der Waals surface area contributed by atoms with Crippen LogP contribution >= 0.6 is 35.0 Å². The van der Waals surface area contributed by atoms with Crippen molar-refractivity contribution in [1.29, 1.82) is 0 Å². The summed E-state index contributed by atoms with van der Waals surface area (Å²) in [6.45, 7) is -0.459. The van der Waals surface area contributed by atoms with Crippen molar-refractivity contribution in [2.75, 3.05) is 17.2 Å². The van der Waals surface area contributed by atoms with Crippen molar-refractivity contribution in [1.82, 2.24) is 0 Å². The van der Waals surface area contributed by atoms with E-state index >= 15 is 0 Å². The van der Waals surface area contributed by atoms with Crippen LogP contribution in [-0.4, -0.2) is 35.4 Å². The van der Waals surface area contributed by atoms with E-state index in [0.29, 0.717) is 10.7 Å². The number of fused-ring (bicyclic) bond motifs is 1. The Kier molecular flexibility index (Phi) is 7.75. The van der Waals surface area contributed by atoms with Gasteiger partial charge in [0.05, 0.1) is 26.5 Å². The first-order valence-corrected chi connectivity index (χ1v) is 12.1. The molecule has 0 saturated heterocycles. The highest BCUT2D eigenvalue weighted by Gasteiger charge is 2.28. The predicted octanol–water partition coefficient (Wildman–Crippen LogP) is 5.47. The van der Waals surface area contributed by atoms with E-state index in [2.05, 4.69) is 10.6 Å². The van der Waals surface area contributed by atoms with Crippen molar-refractivity contribution in [2.24, 2.45) is 0 Å². The molecular weight excluding hydrogens is 511 g/mol. The van der Waals surface area contributed by atoms with Crippen LogP contribution in [0, 0.1) is 0 Å². The van der Waals surface area contributed by atoms with Crippen LogP contribution in [0.15, 0.2) is 71.6 Å². The van der Waals surface area contributed by atoms with Gasteiger partial charge >= 0.3 is 5.97 Å². The Hall–Kier alpha value is -3.33. The summed E-state index contributed by atoms with van der Waals surface area (Å²) in [6, 6.07) is 17.8. The van der Waals surface area contributed by atoms with Gasteiger partial charge in [-0.2, -0.15) is 0 Å². The molecule has 2 amide bonds. The second-order valence-electron chi connectivity index (χ2n) is 7.55. The van der Waals surface area contributed by atoms with Crippen molar-refractivity contribution in [3.63, 3.8) is 0 Å². The molecule has 178 valence electrons. The number of rotatable bonds is 7. The van der Waals surface area contributed by atoms with Crippen LogP contribution in [0.3, 0.4) is 0 Å². The molecule has 0 radical (unpaired) electrons. The molecule has 35 heavy (non-hydrogen) atoms. The van der Waals surface area contributed by atoms with E-state index in [0.717, 1.165) is 10.6 Å². The number of hydrogen-bond acceptors (Lipinski definition) is 6. The fraction of sp³-hybridized carbons (Fsp3) is 0.120. The molecule has 10 heteroatoms. The van der Waals surface area contributed by atoms with Crippen LogP contribution in [-0.2, 0) is 14.3 Å². The number of Topliss-reactive ketones (excluding diaryl/α,β-unsaturated/α-hetero) is 1. The molecule has 1 atom stereocenters. The number of nitrogens with one attached hydrogen (secondary N) is 2. The van der Waals surface area contributed by atoms with E-state index in [4.69, 9.17) is 27.9 Å². The van der Waals surface area contributed by atoms with Crippen molar-refractivity contribution >= 4 is 69.9 Å². The number of esters is 1. The monoisotopic (exact) mass is 528 g/mol. The molecule has 2 N–H and O–H groups in total. The summed E-state index contributed by atoms with van der Waals surface area (Å²) < 4.78 is 5.08. The summed E-state index contributed by atoms with van der Waals surface area (Å²) in [5.41, 5.74) is 1.68. The number of hydrogen-bond donors (Lipinski definition) is 2. The standard InChI is InChI=1S/C25H18Cl2N2O5S/c26-17-10-7-15(11-18(17)27)20(30)13-34-25(33)14-5-8-16(9-6-14)28-23(31)12-22-24(32)29-19-3-1-2-4-21(19)35-22/h1-11,22H,12-13H2,(H,28,31)(H,29,32). The Labute approximate surface area is 215 Å². The number of para-hydroxylation sites is 1. The molecule has 3 aromatic carbocycles. The topological polar surface area (TPSA) is 102 Å². The predicted molar refractivity (Wildman–Crippen MR) is 135 cm³/mol. The third-order valence-electron chi connectivity index (χ3n) is 5.06. The minimum absolute atomic E-state index is 0.00848. The molecule has 0 saturated carbocycles. The summed E-state index contributed by atoms with van der Waals surface area (Å²) in [7, 11) is 0. The highest BCUT2D eigenvalue weighted by Crippen LogP contribution is 2.36. The second kappa shape index (κ2) is 10.9. The first-order valence-electron chi connectivity index (χ1n) is 10.4. The van der Waals surface area contributed by atoms with Gasteiger partial charge in [0.1, 0.15) is 0 Å². The third kappa shape index (κ3) is 6.22. The quantitative estimate of drug-likeness (QED) is 0.311. The van der Waals surface area contributed by atoms with Gasteiger partial charge in [0.25, 0.3) is 0 Å². The fourth-order valence-corrected chi connectivity index (χ4v) is 4.67. The summed E-state index contributed by atoms with van der Waals surface area (Å²) >= 11 is 13.1. The zero-order chi connectivity index (χ0) is 24.9. The van der Waals surface area contributed by atoms with Gasteiger partial charge in [0, 0.05) is 22.6 Å². The molecule has 0 aliphatic carbocycles. The lowest BCUT2D eigenvalue weighted by molar-refractivity contribution is -0.120. The van der Waals surface area contributed by atoms with Crippen molar-refractivity contribution < 1.29 is 23.9 Å². The van der Waals surface area contributed by atoms with E-state index in [1.807, 2.05) is 24.3 Å². The van der Waals surface area contributed by atoms with E-state index in [1.54, 1.807) is 12.1 Å². The number of ether oxygens (including phenoxy) is 1. The minimum Gasteiger partial charge on any atom is -0.454 e. The molecule has 7 nitrogen and oxygen atoms in total. The van der Waals surface area contributed by atoms with Gasteiger partial charge in [-0.25, -0.2) is 4.79 Å². The van der Waals surface area contributed by atoms with Crippen LogP contribution in [0.4, 0.5) is 11.4 Å². The lowest BCUT2D eigenvalue weighted by Gasteiger charge is -2.23. The Morgan fingerprint density at radius 2 is 1.66 bits per heavy atom. The maximum absolute atomic E-state index is 12.5. The van der Waals surface area contributed by atoms with E-state index < -0.39 is 23.6 Å². The molecule has 1 heterocycles. The average Bonchev–Trinajstić information content (AvgIpc) is 2.85. The molecule has 3 aromatic rings. The highest BCUT2D eigenvalue weighted by molar-refractivity contribution is 8.01. The van der Waals surface area contributed by atoms with Crippen LogP contribution in [0.25, 0.3) is 0 Å². The van der Waals surface area contributed by atoms with Crippen molar-refractivity contribution in [2.45, 2.75) is 16.6 Å². The largest absolute Gasteiger partial charge is 0.454 e. The Bertz CT molecular complexity index is 1310. The Balaban J connectivity index is 1.28. The van der Waals surface area contributed by atoms with Crippen molar-refractivity contribution in [3.05, 3.63) is 87.9 Å². The number of benzene rings is 3. The molecule has 0 aromatic heterocycles. The first kappa shape index (κ1) is 24.8. The summed E-state index contributed by atoms with van der Waals surface area (Å²) in [6.07, 6.45) is -0.00848. The number of carbonyl (C=O) groups is 4. The number of amides is 2. The number of thioether (sulfide) groups is 1. The summed E-state index contributed by atoms with van der Waals surface area (Å²) in [5, 5.41) is 5.53. The van der Waals surface area contributed by atoms with Crippen molar-refractivity contribution in [3.8, 4) is 0 Å². The van der Waals surface area contributed by atoms with E-state index in [9.17, 15) is 19.2 Å². The lowest BCUT2D eigenvalue weighted by atomic mass is 10.1. The van der Waals surface area contributed by atoms with Gasteiger partial charge in [-0.1, -0.05) is 35.3 Å². The summed E-state index contributed by atoms with van der Waals surface area (Å²) in [5.74, 6) is -1.67. The van der Waals surface area contributed by atoms with Crippen LogP contribution < -0.4 is 10.6 Å². The summed E-state index contributed by atoms with van der Waals surface area (Å²) in [4.78, 5) is 50.2. The third-order valence-corrected chi connectivity index (χ3v) is 7.07. The number of halogens is 2. The number of anilines is 2. The Morgan fingerprint density at radius 3 is 2.40 bits per heavy atom. The molecule has 1 aliphatic heterocycles. The maximum atomic E-state index is 12.5. The molecule has 4 rings (SSSR count). The smallest absolute Gasteiger partial charge is 0.338 e. The number of ketones is 1. The molecular formula is C25H18Cl2N2O5S. The molecule has 0 fully saturated rings. The Morgan fingerprint density at radius 1 is 0.943 bits per heavy atom. The highest BCUT2D eigenvalue weighted by atomic mass is 35.5. The minimum atomic E-state index is -0.690. The molecule has 0 bridgehead atoms. The van der Waals surface area contributed by atoms with E-state index in [1.165, 1.54) is 42.1 Å². The van der Waals surface area contributed by atoms with E-state index in [-0.39, 0.29) is 34.4 Å². The normalized spacial score (nSPS) is 14.5. The second-order valence-corrected chi connectivity index (χ2v) is 9.61. The molecule has 1 aliphatic rings. The zero-order valence-electron chi connectivity index (χ0n) is 18.0. The van der Waals surface area contributed by atoms with Gasteiger partial charge in [-0.3, -0.25) is 14.4 Å². The van der Waals surface area contributed by atoms with Crippen LogP contribution in [0.2, 0.25) is 10.0 Å². The molecule has 1 unspecified atom stereocenters. The van der Waals surface area contributed by atoms with Gasteiger partial charge in [-0.05, 0) is 54.6 Å². The van der Waals surface area contributed by atoms with Gasteiger partial charge < -0.3 is 15.4 Å². The van der Waals surface area contributed by atoms with Crippen LogP contribution in [0.1, 0.15) is 27.1 Å². The lowest BCUT2D eigenvalue weighted by Crippen LogP contribution is -2.32. The zero-order valence-corrected chi connectivity index (χ0v) is 20.4. The SMILES string of the molecule is O=C(CC1Sc2ccccc2NC1=O)Nc1ccc(C(=O)OCC(=O)c2ccc(Cl)c(Cl)c2)cc1. The maximum Gasteiger partial charge on any atom is 0.338 e. The van der Waals surface area contributed by atoms with Gasteiger partial charge in [0.2, 0.25) is 11.8 Å². The van der Waals surface area contributed by atoms with Crippen LogP contribution in [0.5, 0.6) is 0 Å². The molecule has 0 spiro atoms. The van der Waals surface area contributed by atoms with Gasteiger partial charge in [-0.15, -0.1) is 11.8 Å². The first-order chi connectivity index (χ1) is 16.8. The van der Waals surface area contributed by atoms with Gasteiger partial charge in [0.15, 0.2) is 12.4 Å².